The van der Waals surface area contributed by atoms with E-state index in [2.05, 4.69) is 4.74 Å². The fourth-order valence-electron chi connectivity index (χ4n) is 2.32. The Morgan fingerprint density at radius 2 is 2.00 bits per heavy atom. The predicted molar refractivity (Wildman–Crippen MR) is 79.0 cm³/mol. The number of carbonyl (C=O) groups is 1. The average molecular weight is 333 g/mol. The lowest BCUT2D eigenvalue weighted by Crippen LogP contribution is -2.45. The molecule has 21 heavy (non-hydrogen) atoms. The number of hydrogen-bond acceptors (Lipinski definition) is 6. The predicted octanol–water partition coefficient (Wildman–Crippen LogP) is 1.38. The molecule has 1 saturated heterocycles. The van der Waals surface area contributed by atoms with Crippen molar-refractivity contribution in [3.05, 3.63) is 15.8 Å². The Hall–Kier alpha value is -0.960. The number of aliphatic hydroxyl groups is 1. The van der Waals surface area contributed by atoms with Gasteiger partial charge in [0.2, 0.25) is 10.0 Å². The maximum atomic E-state index is 12.8. The van der Waals surface area contributed by atoms with Crippen LogP contribution >= 0.6 is 11.3 Å². The number of hydrogen-bond donors (Lipinski definition) is 1. The summed E-state index contributed by atoms with van der Waals surface area (Å²) in [6.07, 6.45) is 0.756. The van der Waals surface area contributed by atoms with Crippen LogP contribution in [0.3, 0.4) is 0 Å². The van der Waals surface area contributed by atoms with Crippen LogP contribution in [-0.4, -0.2) is 49.6 Å². The summed E-state index contributed by atoms with van der Waals surface area (Å²) in [6.45, 7) is 3.85. The fourth-order valence-corrected chi connectivity index (χ4v) is 5.42. The number of sulfonamides is 1. The van der Waals surface area contributed by atoms with Gasteiger partial charge in [-0.1, -0.05) is 0 Å². The molecule has 0 radical (unpaired) electrons. The second-order valence-electron chi connectivity index (χ2n) is 5.47. The van der Waals surface area contributed by atoms with Crippen molar-refractivity contribution in [2.45, 2.75) is 37.2 Å². The average Bonchev–Trinajstić information content (AvgIpc) is 2.80. The number of esters is 1. The smallest absolute Gasteiger partial charge is 0.349 e. The summed E-state index contributed by atoms with van der Waals surface area (Å²) in [5.74, 6) is -0.643. The molecule has 1 N–H and O–H groups in total. The van der Waals surface area contributed by atoms with Gasteiger partial charge in [0, 0.05) is 13.1 Å². The highest BCUT2D eigenvalue weighted by molar-refractivity contribution is 7.89. The first-order valence-electron chi connectivity index (χ1n) is 6.58. The van der Waals surface area contributed by atoms with Gasteiger partial charge in [0.1, 0.15) is 9.77 Å². The lowest BCUT2D eigenvalue weighted by molar-refractivity contribution is 0.0125. The molecular formula is C13H19NO5S2. The van der Waals surface area contributed by atoms with Gasteiger partial charge in [-0.05, 0) is 37.6 Å². The zero-order valence-electron chi connectivity index (χ0n) is 12.2. The van der Waals surface area contributed by atoms with Crippen LogP contribution < -0.4 is 0 Å². The highest BCUT2D eigenvalue weighted by Crippen LogP contribution is 2.32. The van der Waals surface area contributed by atoms with Crippen molar-refractivity contribution in [3.8, 4) is 0 Å². The third-order valence-corrected chi connectivity index (χ3v) is 6.98. The van der Waals surface area contributed by atoms with Gasteiger partial charge >= 0.3 is 5.97 Å². The molecule has 0 aliphatic carbocycles. The van der Waals surface area contributed by atoms with Crippen molar-refractivity contribution in [1.29, 1.82) is 0 Å². The van der Waals surface area contributed by atoms with Crippen LogP contribution in [0, 0.1) is 6.92 Å². The van der Waals surface area contributed by atoms with E-state index >= 15 is 0 Å². The highest BCUT2D eigenvalue weighted by Gasteiger charge is 2.37. The summed E-state index contributed by atoms with van der Waals surface area (Å²) in [7, 11) is -2.53. The molecule has 0 unspecified atom stereocenters. The topological polar surface area (TPSA) is 83.9 Å². The number of carbonyl (C=O) groups excluding carboxylic acids is 1. The van der Waals surface area contributed by atoms with Crippen LogP contribution in [-0.2, 0) is 14.8 Å². The molecule has 0 saturated carbocycles. The minimum absolute atomic E-state index is 0.0286. The first kappa shape index (κ1) is 16.4. The minimum Gasteiger partial charge on any atom is -0.465 e. The van der Waals surface area contributed by atoms with Gasteiger partial charge in [-0.3, -0.25) is 0 Å². The lowest BCUT2D eigenvalue weighted by Gasteiger charge is -2.35. The molecule has 0 amide bonds. The van der Waals surface area contributed by atoms with Crippen molar-refractivity contribution >= 4 is 27.3 Å². The number of piperidine rings is 1. The number of nitrogens with zero attached hydrogens (tertiary/aromatic N) is 1. The Morgan fingerprint density at radius 1 is 1.43 bits per heavy atom. The van der Waals surface area contributed by atoms with E-state index in [-0.39, 0.29) is 22.9 Å². The molecule has 118 valence electrons. The largest absolute Gasteiger partial charge is 0.465 e. The molecule has 1 aliphatic rings. The first-order chi connectivity index (χ1) is 9.69. The normalized spacial score (nSPS) is 19.4. The van der Waals surface area contributed by atoms with Crippen molar-refractivity contribution in [1.82, 2.24) is 4.31 Å². The molecule has 1 aromatic heterocycles. The number of aryl methyl sites for hydroxylation is 1. The van der Waals surface area contributed by atoms with Crippen LogP contribution in [0.15, 0.2) is 10.3 Å². The Kier molecular flexibility index (Phi) is 4.44. The molecule has 8 heteroatoms. The fraction of sp³-hybridized carbons (Fsp3) is 0.615. The molecule has 0 atom stereocenters. The van der Waals surface area contributed by atoms with E-state index in [0.717, 1.165) is 11.3 Å². The van der Waals surface area contributed by atoms with Crippen molar-refractivity contribution < 1.29 is 23.1 Å². The zero-order valence-corrected chi connectivity index (χ0v) is 13.9. The van der Waals surface area contributed by atoms with Gasteiger partial charge in [-0.2, -0.15) is 4.31 Å². The molecule has 0 aromatic carbocycles. The summed E-state index contributed by atoms with van der Waals surface area (Å²) < 4.78 is 31.5. The van der Waals surface area contributed by atoms with Crippen molar-refractivity contribution in [2.75, 3.05) is 20.2 Å². The lowest BCUT2D eigenvalue weighted by atomic mass is 9.95. The highest BCUT2D eigenvalue weighted by atomic mass is 32.2. The van der Waals surface area contributed by atoms with Crippen LogP contribution in [0.2, 0.25) is 0 Å². The third-order valence-electron chi connectivity index (χ3n) is 3.69. The van der Waals surface area contributed by atoms with Crippen molar-refractivity contribution in [2.24, 2.45) is 0 Å². The molecule has 1 fully saturated rings. The van der Waals surface area contributed by atoms with E-state index in [1.165, 1.54) is 11.4 Å². The molecule has 1 aliphatic heterocycles. The van der Waals surface area contributed by atoms with E-state index in [4.69, 9.17) is 0 Å². The first-order valence-corrected chi connectivity index (χ1v) is 8.90. The van der Waals surface area contributed by atoms with Gasteiger partial charge in [-0.25, -0.2) is 13.2 Å². The van der Waals surface area contributed by atoms with E-state index in [1.54, 1.807) is 19.2 Å². The van der Waals surface area contributed by atoms with Crippen LogP contribution in [0.4, 0.5) is 0 Å². The molecule has 0 bridgehead atoms. The van der Waals surface area contributed by atoms with Crippen LogP contribution in [0.5, 0.6) is 0 Å². The Morgan fingerprint density at radius 3 is 2.52 bits per heavy atom. The Balaban J connectivity index is 2.37. The molecule has 6 nitrogen and oxygen atoms in total. The van der Waals surface area contributed by atoms with Gasteiger partial charge in [0.05, 0.1) is 12.7 Å². The maximum Gasteiger partial charge on any atom is 0.349 e. The van der Waals surface area contributed by atoms with Crippen molar-refractivity contribution in [3.63, 3.8) is 0 Å². The van der Waals surface area contributed by atoms with E-state index < -0.39 is 21.6 Å². The SMILES string of the molecule is COC(=O)c1scc(C)c1S(=O)(=O)N1CCC(C)(O)CC1. The van der Waals surface area contributed by atoms with Gasteiger partial charge < -0.3 is 9.84 Å². The zero-order chi connectivity index (χ0) is 15.8. The molecule has 1 aromatic rings. The van der Waals surface area contributed by atoms with E-state index in [0.29, 0.717) is 18.4 Å². The molecular weight excluding hydrogens is 314 g/mol. The van der Waals surface area contributed by atoms with E-state index in [9.17, 15) is 18.3 Å². The number of ether oxygens (including phenoxy) is 1. The van der Waals surface area contributed by atoms with Gasteiger partial charge in [-0.15, -0.1) is 11.3 Å². The van der Waals surface area contributed by atoms with Gasteiger partial charge in [0.25, 0.3) is 0 Å². The number of methoxy groups -OCH3 is 1. The second kappa shape index (κ2) is 5.68. The summed E-state index contributed by atoms with van der Waals surface area (Å²) in [5.41, 5.74) is -0.293. The Labute approximate surface area is 128 Å². The summed E-state index contributed by atoms with van der Waals surface area (Å²) >= 11 is 1.07. The maximum absolute atomic E-state index is 12.8. The second-order valence-corrected chi connectivity index (χ2v) is 8.22. The molecule has 2 heterocycles. The summed E-state index contributed by atoms with van der Waals surface area (Å²) in [5, 5.41) is 11.6. The quantitative estimate of drug-likeness (QED) is 0.845. The molecule has 2 rings (SSSR count). The number of thiophene rings is 1. The van der Waals surface area contributed by atoms with E-state index in [1.807, 2.05) is 0 Å². The van der Waals surface area contributed by atoms with Crippen LogP contribution in [0.1, 0.15) is 35.0 Å². The summed E-state index contributed by atoms with van der Waals surface area (Å²) in [4.78, 5) is 11.9. The number of rotatable bonds is 3. The monoisotopic (exact) mass is 333 g/mol. The van der Waals surface area contributed by atoms with Crippen LogP contribution in [0.25, 0.3) is 0 Å². The summed E-state index contributed by atoms with van der Waals surface area (Å²) in [6, 6.07) is 0. The third kappa shape index (κ3) is 3.13. The van der Waals surface area contributed by atoms with Gasteiger partial charge in [0.15, 0.2) is 0 Å². The molecule has 0 spiro atoms. The Bertz CT molecular complexity index is 638. The minimum atomic E-state index is -3.75. The standard InChI is InChI=1S/C13H19NO5S2/c1-9-8-20-10(12(15)19-3)11(9)21(17,18)14-6-4-13(2,16)5-7-14/h8,16H,4-7H2,1-3H3.